The molecule has 35 heavy (non-hydrogen) atoms. The van der Waals surface area contributed by atoms with E-state index in [1.54, 1.807) is 51.0 Å². The van der Waals surface area contributed by atoms with Crippen LogP contribution in [0.15, 0.2) is 42.7 Å². The fraction of sp³-hybridized carbons (Fsp3) is 0.154. The van der Waals surface area contributed by atoms with Crippen LogP contribution in [0.25, 0.3) is 44.9 Å². The van der Waals surface area contributed by atoms with Crippen LogP contribution in [0.4, 0.5) is 8.78 Å². The number of aryl methyl sites for hydroxylation is 3. The first-order valence-electron chi connectivity index (χ1n) is 10.8. The highest BCUT2D eigenvalue weighted by atomic mass is 19.1. The van der Waals surface area contributed by atoms with Gasteiger partial charge in [-0.1, -0.05) is 0 Å². The van der Waals surface area contributed by atoms with E-state index >= 15 is 8.78 Å². The molecule has 0 aliphatic rings. The second-order valence-corrected chi connectivity index (χ2v) is 8.30. The smallest absolute Gasteiger partial charge is 0.182 e. The summed E-state index contributed by atoms with van der Waals surface area (Å²) < 4.78 is 31.7. The molecule has 5 rings (SSSR count). The van der Waals surface area contributed by atoms with Crippen LogP contribution >= 0.6 is 0 Å². The van der Waals surface area contributed by atoms with Crippen molar-refractivity contribution in [3.8, 4) is 39.8 Å². The van der Waals surface area contributed by atoms with Crippen LogP contribution in [-0.4, -0.2) is 29.7 Å². The quantitative estimate of drug-likeness (QED) is 0.361. The molecule has 5 aromatic rings. The minimum Gasteiger partial charge on any atom is -0.275 e. The first-order chi connectivity index (χ1) is 16.7. The van der Waals surface area contributed by atoms with Crippen LogP contribution < -0.4 is 0 Å². The van der Waals surface area contributed by atoms with Crippen molar-refractivity contribution in [1.29, 1.82) is 5.26 Å². The van der Waals surface area contributed by atoms with Gasteiger partial charge >= 0.3 is 0 Å². The van der Waals surface area contributed by atoms with Crippen LogP contribution in [0.5, 0.6) is 0 Å². The van der Waals surface area contributed by atoms with Gasteiger partial charge in [0.15, 0.2) is 11.5 Å². The molecule has 0 bridgehead atoms. The van der Waals surface area contributed by atoms with E-state index in [0.29, 0.717) is 33.6 Å². The lowest BCUT2D eigenvalue weighted by Crippen LogP contribution is -2.03. The Morgan fingerprint density at radius 2 is 1.63 bits per heavy atom. The Morgan fingerprint density at radius 3 is 2.31 bits per heavy atom. The average molecular weight is 467 g/mol. The summed E-state index contributed by atoms with van der Waals surface area (Å²) in [6.45, 7) is 5.29. The van der Waals surface area contributed by atoms with Crippen molar-refractivity contribution < 1.29 is 8.78 Å². The fourth-order valence-electron chi connectivity index (χ4n) is 3.87. The minimum absolute atomic E-state index is 0.148. The summed E-state index contributed by atoms with van der Waals surface area (Å²) in [5, 5.41) is 13.3. The molecule has 3 heterocycles. The number of aromatic nitrogens is 6. The maximum atomic E-state index is 15.0. The standard InChI is InChI=1S/C26H19F2N7/c1-13-20(18-11-30-35(4)12-18)8-17(9-21(13)27)25-33-23(19-6-5-16(10-29)7-22(19)28)24-26(34-25)32-15(3)14(2)31-24/h5-9,11-12H,1-4H3. The van der Waals surface area contributed by atoms with Crippen molar-refractivity contribution in [3.63, 3.8) is 0 Å². The Bertz CT molecular complexity index is 1680. The van der Waals surface area contributed by atoms with Crippen molar-refractivity contribution in [2.45, 2.75) is 20.8 Å². The topological polar surface area (TPSA) is 93.2 Å². The molecule has 0 radical (unpaired) electrons. The number of rotatable bonds is 3. The number of halogens is 2. The minimum atomic E-state index is -0.624. The fourth-order valence-corrected chi connectivity index (χ4v) is 3.87. The average Bonchev–Trinajstić information content (AvgIpc) is 3.27. The molecular weight excluding hydrogens is 448 g/mol. The van der Waals surface area contributed by atoms with E-state index in [4.69, 9.17) is 5.26 Å². The van der Waals surface area contributed by atoms with Gasteiger partial charge in [0.2, 0.25) is 0 Å². The first-order valence-corrected chi connectivity index (χ1v) is 10.8. The lowest BCUT2D eigenvalue weighted by molar-refractivity contribution is 0.619. The molecule has 0 saturated carbocycles. The normalized spacial score (nSPS) is 11.1. The van der Waals surface area contributed by atoms with Crippen molar-refractivity contribution in [1.82, 2.24) is 29.7 Å². The van der Waals surface area contributed by atoms with Crippen molar-refractivity contribution in [2.24, 2.45) is 7.05 Å². The van der Waals surface area contributed by atoms with Gasteiger partial charge in [-0.3, -0.25) is 4.68 Å². The summed E-state index contributed by atoms with van der Waals surface area (Å²) in [6, 6.07) is 9.18. The molecule has 0 N–H and O–H groups in total. The van der Waals surface area contributed by atoms with Crippen molar-refractivity contribution in [3.05, 3.63) is 76.9 Å². The Kier molecular flexibility index (Phi) is 5.29. The largest absolute Gasteiger partial charge is 0.275 e. The number of nitrogens with zero attached hydrogens (tertiary/aromatic N) is 7. The molecule has 172 valence electrons. The zero-order chi connectivity index (χ0) is 24.9. The molecule has 9 heteroatoms. The zero-order valence-electron chi connectivity index (χ0n) is 19.4. The molecule has 0 amide bonds. The molecule has 0 saturated heterocycles. The summed E-state index contributed by atoms with van der Waals surface area (Å²) in [6.07, 6.45) is 3.45. The Labute approximate surface area is 199 Å². The summed E-state index contributed by atoms with van der Waals surface area (Å²) in [7, 11) is 1.78. The van der Waals surface area contributed by atoms with Gasteiger partial charge in [-0.15, -0.1) is 0 Å². The van der Waals surface area contributed by atoms with E-state index in [2.05, 4.69) is 25.0 Å². The lowest BCUT2D eigenvalue weighted by Gasteiger charge is -2.12. The second-order valence-electron chi connectivity index (χ2n) is 8.30. The van der Waals surface area contributed by atoms with E-state index in [1.807, 2.05) is 6.07 Å². The molecule has 0 fully saturated rings. The summed E-state index contributed by atoms with van der Waals surface area (Å²) in [4.78, 5) is 18.3. The predicted octanol–water partition coefficient (Wildman–Crippen LogP) is 5.23. The van der Waals surface area contributed by atoms with Gasteiger partial charge in [0.05, 0.1) is 29.2 Å². The highest BCUT2D eigenvalue weighted by molar-refractivity contribution is 5.89. The van der Waals surface area contributed by atoms with Crippen LogP contribution in [0.1, 0.15) is 22.5 Å². The molecular formula is C26H19F2N7. The van der Waals surface area contributed by atoms with E-state index in [9.17, 15) is 0 Å². The van der Waals surface area contributed by atoms with Gasteiger partial charge in [-0.05, 0) is 62.2 Å². The van der Waals surface area contributed by atoms with Crippen LogP contribution in [0, 0.1) is 43.7 Å². The Balaban J connectivity index is 1.80. The number of fused-ring (bicyclic) bond motifs is 1. The van der Waals surface area contributed by atoms with Crippen LogP contribution in [0.3, 0.4) is 0 Å². The molecule has 0 aliphatic heterocycles. The van der Waals surface area contributed by atoms with E-state index in [0.717, 1.165) is 11.6 Å². The first kappa shape index (κ1) is 22.2. The molecule has 2 aromatic carbocycles. The summed E-state index contributed by atoms with van der Waals surface area (Å²) in [5.74, 6) is -0.874. The van der Waals surface area contributed by atoms with E-state index in [-0.39, 0.29) is 28.3 Å². The maximum Gasteiger partial charge on any atom is 0.182 e. The molecule has 0 unspecified atom stereocenters. The maximum absolute atomic E-state index is 15.0. The van der Waals surface area contributed by atoms with Gasteiger partial charge < -0.3 is 0 Å². The van der Waals surface area contributed by atoms with Crippen LogP contribution in [0.2, 0.25) is 0 Å². The number of hydrogen-bond acceptors (Lipinski definition) is 6. The molecule has 0 spiro atoms. The van der Waals surface area contributed by atoms with Crippen molar-refractivity contribution >= 4 is 11.2 Å². The van der Waals surface area contributed by atoms with Gasteiger partial charge in [0.25, 0.3) is 0 Å². The van der Waals surface area contributed by atoms with Gasteiger partial charge in [-0.2, -0.15) is 10.4 Å². The third-order valence-electron chi connectivity index (χ3n) is 5.91. The highest BCUT2D eigenvalue weighted by Gasteiger charge is 2.20. The van der Waals surface area contributed by atoms with Crippen molar-refractivity contribution in [2.75, 3.05) is 0 Å². The molecule has 3 aromatic heterocycles. The predicted molar refractivity (Wildman–Crippen MR) is 127 cm³/mol. The van der Waals surface area contributed by atoms with E-state index < -0.39 is 11.6 Å². The van der Waals surface area contributed by atoms with Gasteiger partial charge in [-0.25, -0.2) is 28.7 Å². The van der Waals surface area contributed by atoms with Gasteiger partial charge in [0.1, 0.15) is 22.8 Å². The van der Waals surface area contributed by atoms with E-state index in [1.165, 1.54) is 18.2 Å². The second kappa shape index (κ2) is 8.33. The number of nitriles is 1. The molecule has 0 atom stereocenters. The Hall–Kier alpha value is -4.58. The Morgan fingerprint density at radius 1 is 0.857 bits per heavy atom. The zero-order valence-corrected chi connectivity index (χ0v) is 19.4. The number of benzene rings is 2. The molecule has 7 nitrogen and oxygen atoms in total. The third-order valence-corrected chi connectivity index (χ3v) is 5.91. The third kappa shape index (κ3) is 3.89. The number of hydrogen-bond donors (Lipinski definition) is 0. The van der Waals surface area contributed by atoms with Gasteiger partial charge in [0, 0.05) is 29.9 Å². The highest BCUT2D eigenvalue weighted by Crippen LogP contribution is 2.33. The molecule has 0 aliphatic carbocycles. The monoisotopic (exact) mass is 467 g/mol. The lowest BCUT2D eigenvalue weighted by atomic mass is 9.99. The SMILES string of the molecule is Cc1nc2nc(-c3cc(F)c(C)c(-c4cnn(C)c4)c3)nc(-c3ccc(C#N)cc3F)c2nc1C. The van der Waals surface area contributed by atoms with Crippen LogP contribution in [-0.2, 0) is 7.05 Å². The summed E-state index contributed by atoms with van der Waals surface area (Å²) in [5.41, 5.74) is 4.72. The summed E-state index contributed by atoms with van der Waals surface area (Å²) >= 11 is 0.